The van der Waals surface area contributed by atoms with Gasteiger partial charge in [0.1, 0.15) is 12.7 Å². The van der Waals surface area contributed by atoms with Crippen LogP contribution in [0.2, 0.25) is 0 Å². The van der Waals surface area contributed by atoms with Gasteiger partial charge in [-0.1, -0.05) is 6.92 Å². The molecule has 0 aromatic carbocycles. The van der Waals surface area contributed by atoms with E-state index in [1.807, 2.05) is 0 Å². The smallest absolute Gasteiger partial charge is 0.342 e. The van der Waals surface area contributed by atoms with Crippen molar-refractivity contribution in [1.82, 2.24) is 9.55 Å². The summed E-state index contributed by atoms with van der Waals surface area (Å²) >= 11 is 1.76. The molecule has 0 saturated carbocycles. The van der Waals surface area contributed by atoms with E-state index in [0.29, 0.717) is 6.54 Å². The van der Waals surface area contributed by atoms with Crippen LogP contribution in [-0.4, -0.2) is 26.0 Å². The number of imidazole rings is 1. The van der Waals surface area contributed by atoms with E-state index in [4.69, 9.17) is 0 Å². The van der Waals surface area contributed by atoms with E-state index in [2.05, 4.69) is 11.9 Å². The fraction of sp³-hybridized carbons (Fsp3) is 0.571. The highest BCUT2D eigenvalue weighted by atomic mass is 32.2. The predicted octanol–water partition coefficient (Wildman–Crippen LogP) is 1.54. The van der Waals surface area contributed by atoms with Gasteiger partial charge in [0.25, 0.3) is 0 Å². The van der Waals surface area contributed by atoms with Gasteiger partial charge in [-0.25, -0.2) is 9.55 Å². The van der Waals surface area contributed by atoms with Crippen LogP contribution in [0.3, 0.4) is 0 Å². The van der Waals surface area contributed by atoms with Crippen molar-refractivity contribution in [2.75, 3.05) is 11.5 Å². The molecule has 0 saturated heterocycles. The molecule has 1 aromatic rings. The second-order valence-electron chi connectivity index (χ2n) is 2.40. The maximum atomic E-state index is 10.5. The van der Waals surface area contributed by atoms with Gasteiger partial charge < -0.3 is 10.1 Å². The first-order valence-electron chi connectivity index (χ1n) is 3.98. The first-order valence-corrected chi connectivity index (χ1v) is 5.13. The molecule has 13 heavy (non-hydrogen) atoms. The zero-order chi connectivity index (χ0) is 9.68. The molecule has 0 bridgehead atoms. The molecule has 0 atom stereocenters. The maximum absolute atomic E-state index is 10.5. The number of rotatable bonds is 5. The molecule has 6 heteroatoms. The van der Waals surface area contributed by atoms with Gasteiger partial charge in [-0.3, -0.25) is 0 Å². The van der Waals surface area contributed by atoms with Gasteiger partial charge in [0, 0.05) is 5.75 Å². The molecular formula is C7H11N3O2S. The summed E-state index contributed by atoms with van der Waals surface area (Å²) < 4.78 is 1.56. The molecule has 0 fully saturated rings. The van der Waals surface area contributed by atoms with Crippen molar-refractivity contribution in [2.24, 2.45) is 0 Å². The molecule has 0 spiro atoms. The van der Waals surface area contributed by atoms with E-state index < -0.39 is 4.92 Å². The summed E-state index contributed by atoms with van der Waals surface area (Å²) in [6.07, 6.45) is 2.77. The maximum Gasteiger partial charge on any atom is 0.342 e. The van der Waals surface area contributed by atoms with Crippen molar-refractivity contribution >= 4 is 17.6 Å². The number of aromatic nitrogens is 2. The fourth-order valence-corrected chi connectivity index (χ4v) is 1.56. The van der Waals surface area contributed by atoms with Crippen LogP contribution >= 0.6 is 11.8 Å². The third-order valence-electron chi connectivity index (χ3n) is 1.56. The van der Waals surface area contributed by atoms with Crippen LogP contribution in [0.15, 0.2) is 12.5 Å². The Kier molecular flexibility index (Phi) is 3.75. The molecule has 0 aliphatic rings. The van der Waals surface area contributed by atoms with Gasteiger partial charge in [0.2, 0.25) is 0 Å². The molecule has 5 nitrogen and oxygen atoms in total. The summed E-state index contributed by atoms with van der Waals surface area (Å²) in [5, 5.41) is 10.5. The fourth-order valence-electron chi connectivity index (χ4n) is 0.945. The summed E-state index contributed by atoms with van der Waals surface area (Å²) in [5.41, 5.74) is 0. The van der Waals surface area contributed by atoms with Gasteiger partial charge in [0.05, 0.1) is 0 Å². The lowest BCUT2D eigenvalue weighted by Gasteiger charge is -1.98. The Morgan fingerprint density at radius 1 is 1.77 bits per heavy atom. The Labute approximate surface area is 80.3 Å². The molecule has 0 amide bonds. The minimum atomic E-state index is -0.413. The SMILES string of the molecule is CCSCCn1cncc1[N+](=O)[O-]. The lowest BCUT2D eigenvalue weighted by atomic mass is 10.6. The minimum Gasteiger partial charge on any atom is -0.358 e. The second-order valence-corrected chi connectivity index (χ2v) is 3.79. The Morgan fingerprint density at radius 2 is 2.54 bits per heavy atom. The largest absolute Gasteiger partial charge is 0.358 e. The lowest BCUT2D eigenvalue weighted by molar-refractivity contribution is -0.392. The molecule has 0 N–H and O–H groups in total. The first kappa shape index (κ1) is 10.0. The monoisotopic (exact) mass is 201 g/mol. The average molecular weight is 201 g/mol. The molecule has 1 aromatic heterocycles. The van der Waals surface area contributed by atoms with E-state index >= 15 is 0 Å². The third-order valence-corrected chi connectivity index (χ3v) is 2.44. The minimum absolute atomic E-state index is 0.0664. The molecular weight excluding hydrogens is 190 g/mol. The van der Waals surface area contributed by atoms with Crippen molar-refractivity contribution in [1.29, 1.82) is 0 Å². The van der Waals surface area contributed by atoms with Crippen LogP contribution in [-0.2, 0) is 6.54 Å². The summed E-state index contributed by atoms with van der Waals surface area (Å²) in [6, 6.07) is 0. The Balaban J connectivity index is 2.55. The van der Waals surface area contributed by atoms with Gasteiger partial charge in [0.15, 0.2) is 6.33 Å². The molecule has 0 unspecified atom stereocenters. The summed E-state index contributed by atoms with van der Waals surface area (Å²) in [4.78, 5) is 13.8. The number of hydrogen-bond acceptors (Lipinski definition) is 4. The molecule has 0 radical (unpaired) electrons. The van der Waals surface area contributed by atoms with Crippen LogP contribution in [0.1, 0.15) is 6.92 Å². The van der Waals surface area contributed by atoms with E-state index in [9.17, 15) is 10.1 Å². The highest BCUT2D eigenvalue weighted by molar-refractivity contribution is 7.99. The number of nitrogens with zero attached hydrogens (tertiary/aromatic N) is 3. The second kappa shape index (κ2) is 4.86. The van der Waals surface area contributed by atoms with Crippen molar-refractivity contribution in [3.63, 3.8) is 0 Å². The normalized spacial score (nSPS) is 10.2. The highest BCUT2D eigenvalue weighted by Crippen LogP contribution is 2.10. The average Bonchev–Trinajstić information content (AvgIpc) is 2.53. The molecule has 1 heterocycles. The molecule has 0 aliphatic carbocycles. The van der Waals surface area contributed by atoms with Crippen molar-refractivity contribution in [2.45, 2.75) is 13.5 Å². The van der Waals surface area contributed by atoms with Gasteiger partial charge >= 0.3 is 5.82 Å². The third kappa shape index (κ3) is 2.73. The Morgan fingerprint density at radius 3 is 3.15 bits per heavy atom. The van der Waals surface area contributed by atoms with Crippen LogP contribution in [0.5, 0.6) is 0 Å². The van der Waals surface area contributed by atoms with Crippen molar-refractivity contribution in [3.05, 3.63) is 22.6 Å². The lowest BCUT2D eigenvalue weighted by Crippen LogP contribution is -2.03. The number of nitro groups is 1. The van der Waals surface area contributed by atoms with Gasteiger partial charge in [-0.2, -0.15) is 11.8 Å². The van der Waals surface area contributed by atoms with Crippen LogP contribution in [0.25, 0.3) is 0 Å². The van der Waals surface area contributed by atoms with E-state index in [1.165, 1.54) is 12.5 Å². The molecule has 1 rings (SSSR count). The van der Waals surface area contributed by atoms with Gasteiger partial charge in [-0.15, -0.1) is 0 Å². The number of aryl methyl sites for hydroxylation is 1. The van der Waals surface area contributed by atoms with E-state index in [-0.39, 0.29) is 5.82 Å². The zero-order valence-corrected chi connectivity index (χ0v) is 8.16. The predicted molar refractivity (Wildman–Crippen MR) is 51.9 cm³/mol. The van der Waals surface area contributed by atoms with E-state index in [1.54, 1.807) is 16.3 Å². The standard InChI is InChI=1S/C7H11N3O2S/c1-2-13-4-3-9-6-8-5-7(9)10(11)12/h5-6H,2-4H2,1H3. The topological polar surface area (TPSA) is 61.0 Å². The number of hydrogen-bond donors (Lipinski definition) is 0. The zero-order valence-electron chi connectivity index (χ0n) is 7.34. The Bertz CT molecular complexity index is 287. The van der Waals surface area contributed by atoms with Crippen molar-refractivity contribution in [3.8, 4) is 0 Å². The Hall–Kier alpha value is -1.04. The van der Waals surface area contributed by atoms with Crippen molar-refractivity contribution < 1.29 is 4.92 Å². The van der Waals surface area contributed by atoms with E-state index in [0.717, 1.165) is 11.5 Å². The molecule has 0 aliphatic heterocycles. The number of thioether (sulfide) groups is 1. The van der Waals surface area contributed by atoms with Crippen LogP contribution in [0, 0.1) is 10.1 Å². The summed E-state index contributed by atoms with van der Waals surface area (Å²) in [7, 11) is 0. The summed E-state index contributed by atoms with van der Waals surface area (Å²) in [6.45, 7) is 2.71. The highest BCUT2D eigenvalue weighted by Gasteiger charge is 2.11. The van der Waals surface area contributed by atoms with Crippen LogP contribution < -0.4 is 0 Å². The van der Waals surface area contributed by atoms with Gasteiger partial charge in [-0.05, 0) is 10.7 Å². The quantitative estimate of drug-likeness (QED) is 0.412. The summed E-state index contributed by atoms with van der Waals surface area (Å²) in [5.74, 6) is 1.98. The first-order chi connectivity index (χ1) is 6.25. The molecule has 72 valence electrons. The van der Waals surface area contributed by atoms with Crippen LogP contribution in [0.4, 0.5) is 5.82 Å².